The summed E-state index contributed by atoms with van der Waals surface area (Å²) in [5.41, 5.74) is 4.85. The average molecular weight is 637 g/mol. The Morgan fingerprint density at radius 2 is 1.79 bits per heavy atom. The molecule has 0 saturated carbocycles. The fourth-order valence-corrected chi connectivity index (χ4v) is 8.45. The van der Waals surface area contributed by atoms with Crippen LogP contribution in [0.5, 0.6) is 28.7 Å². The number of amides is 2. The third kappa shape index (κ3) is 4.03. The van der Waals surface area contributed by atoms with Crippen molar-refractivity contribution >= 4 is 17.8 Å². The normalized spacial score (nSPS) is 25.0. The number of nitrogens with zero attached hydrogens (tertiary/aromatic N) is 3. The molecule has 5 atom stereocenters. The predicted octanol–water partition coefficient (Wildman–Crippen LogP) is 3.40. The Morgan fingerprint density at radius 1 is 1.09 bits per heavy atom. The lowest BCUT2D eigenvalue weighted by Gasteiger charge is -2.57. The zero-order valence-electron chi connectivity index (χ0n) is 26.2. The number of imide groups is 1. The first-order chi connectivity index (χ1) is 22.6. The molecule has 5 aliphatic heterocycles. The van der Waals surface area contributed by atoms with E-state index in [0.717, 1.165) is 11.1 Å². The number of phenolic OH excluding ortho intramolecular Hbond substituents is 1. The lowest BCUT2D eigenvalue weighted by molar-refractivity contribution is -0.132. The summed E-state index contributed by atoms with van der Waals surface area (Å²) in [5.74, 6) is 0.194. The number of carbonyl (C=O) groups is 3. The molecule has 2 bridgehead atoms. The van der Waals surface area contributed by atoms with Crippen LogP contribution in [0.2, 0.25) is 0 Å². The Balaban J connectivity index is 1.36. The number of nitriles is 1. The largest absolute Gasteiger partial charge is 0.504 e. The minimum atomic E-state index is -0.746. The molecule has 3 aromatic rings. The number of rotatable bonds is 4. The molecule has 12 nitrogen and oxygen atoms in total. The van der Waals surface area contributed by atoms with Crippen LogP contribution in [-0.2, 0) is 17.6 Å². The van der Waals surface area contributed by atoms with Crippen LogP contribution in [0.25, 0.3) is 0 Å². The molecular weight excluding hydrogens is 604 g/mol. The molecule has 0 spiro atoms. The lowest BCUT2D eigenvalue weighted by Crippen LogP contribution is -2.68. The van der Waals surface area contributed by atoms with E-state index in [2.05, 4.69) is 16.3 Å². The fourth-order valence-electron chi connectivity index (χ4n) is 8.45. The van der Waals surface area contributed by atoms with Crippen LogP contribution in [0.4, 0.5) is 0 Å². The number of aromatic hydroxyl groups is 1. The first kappa shape index (κ1) is 29.3. The highest BCUT2D eigenvalue weighted by atomic mass is 16.7. The topological polar surface area (TPSA) is 151 Å². The van der Waals surface area contributed by atoms with Crippen molar-refractivity contribution in [1.29, 1.82) is 5.26 Å². The van der Waals surface area contributed by atoms with Crippen molar-refractivity contribution in [2.75, 3.05) is 20.4 Å². The molecule has 0 aromatic heterocycles. The van der Waals surface area contributed by atoms with Crippen LogP contribution in [-0.4, -0.2) is 71.3 Å². The zero-order valence-corrected chi connectivity index (χ0v) is 26.2. The molecule has 2 amide bonds. The first-order valence-corrected chi connectivity index (χ1v) is 15.6. The number of nitrogens with one attached hydrogen (secondary N) is 1. The van der Waals surface area contributed by atoms with Gasteiger partial charge < -0.3 is 29.4 Å². The molecule has 3 aromatic carbocycles. The van der Waals surface area contributed by atoms with E-state index in [1.165, 1.54) is 18.9 Å². The van der Waals surface area contributed by atoms with Gasteiger partial charge in [0, 0.05) is 47.8 Å². The van der Waals surface area contributed by atoms with Crippen molar-refractivity contribution in [2.24, 2.45) is 0 Å². The van der Waals surface area contributed by atoms with Crippen LogP contribution in [0, 0.1) is 25.2 Å². The second-order valence-electron chi connectivity index (χ2n) is 12.7. The van der Waals surface area contributed by atoms with Crippen LogP contribution in [0.1, 0.15) is 73.1 Å². The van der Waals surface area contributed by atoms with Crippen LogP contribution in [0.3, 0.4) is 0 Å². The molecule has 12 heteroatoms. The maximum atomic E-state index is 13.7. The number of piperazine rings is 1. The Bertz CT molecular complexity index is 1930. The summed E-state index contributed by atoms with van der Waals surface area (Å²) in [6, 6.07) is 8.49. The van der Waals surface area contributed by atoms with E-state index < -0.39 is 42.0 Å². The van der Waals surface area contributed by atoms with Crippen LogP contribution in [0.15, 0.2) is 30.3 Å². The number of carbonyl (C=O) groups excluding carboxylic acids is 3. The third-order valence-electron chi connectivity index (χ3n) is 10.2. The molecule has 1 fully saturated rings. The van der Waals surface area contributed by atoms with Gasteiger partial charge in [-0.1, -0.05) is 18.2 Å². The summed E-state index contributed by atoms with van der Waals surface area (Å²) >= 11 is 0. The molecule has 5 heterocycles. The van der Waals surface area contributed by atoms with Crippen molar-refractivity contribution in [3.63, 3.8) is 0 Å². The second-order valence-corrected chi connectivity index (χ2v) is 12.7. The minimum Gasteiger partial charge on any atom is -0.504 e. The number of hydrogen-bond donors (Lipinski definition) is 2. The SMILES string of the molecule is COc1c(C)cc2c(c1O)[C@H]1N[C@H](C2)[C@H](C#N)N2[C@@H](CN3C(=O)c4ccccc4C3=O)c3c(c(OC(C)=O)c(C)c4c3OCO4)C[C@@H]12. The Morgan fingerprint density at radius 3 is 2.45 bits per heavy atom. The van der Waals surface area contributed by atoms with E-state index in [1.54, 1.807) is 31.2 Å². The van der Waals surface area contributed by atoms with Crippen molar-refractivity contribution in [1.82, 2.24) is 15.1 Å². The number of benzene rings is 3. The van der Waals surface area contributed by atoms with Gasteiger partial charge in [-0.2, -0.15) is 5.26 Å². The highest BCUT2D eigenvalue weighted by Gasteiger charge is 2.55. The Hall–Kier alpha value is -5.12. The van der Waals surface area contributed by atoms with E-state index >= 15 is 0 Å². The molecule has 240 valence electrons. The molecule has 2 N–H and O–H groups in total. The van der Waals surface area contributed by atoms with Gasteiger partial charge in [-0.05, 0) is 49.9 Å². The minimum absolute atomic E-state index is 0.0265. The number of hydrogen-bond acceptors (Lipinski definition) is 11. The van der Waals surface area contributed by atoms with Crippen LogP contribution < -0.4 is 24.3 Å². The second kappa shape index (κ2) is 10.4. The monoisotopic (exact) mass is 636 g/mol. The number of phenols is 1. The van der Waals surface area contributed by atoms with Gasteiger partial charge in [-0.25, -0.2) is 0 Å². The summed E-state index contributed by atoms with van der Waals surface area (Å²) < 4.78 is 23.4. The van der Waals surface area contributed by atoms with Gasteiger partial charge in [-0.3, -0.25) is 24.2 Å². The molecule has 0 radical (unpaired) electrons. The first-order valence-electron chi connectivity index (χ1n) is 15.6. The van der Waals surface area contributed by atoms with Gasteiger partial charge in [0.1, 0.15) is 11.8 Å². The lowest BCUT2D eigenvalue weighted by atomic mass is 9.72. The maximum Gasteiger partial charge on any atom is 0.308 e. The molecule has 47 heavy (non-hydrogen) atoms. The highest BCUT2D eigenvalue weighted by Crippen LogP contribution is 2.57. The molecule has 5 aliphatic rings. The van der Waals surface area contributed by atoms with Gasteiger partial charge >= 0.3 is 5.97 Å². The zero-order chi connectivity index (χ0) is 32.9. The summed E-state index contributed by atoms with van der Waals surface area (Å²) in [7, 11) is 1.51. The predicted molar refractivity (Wildman–Crippen MR) is 165 cm³/mol. The Labute approximate surface area is 270 Å². The van der Waals surface area contributed by atoms with Gasteiger partial charge in [0.15, 0.2) is 23.0 Å². The van der Waals surface area contributed by atoms with E-state index in [1.807, 2.05) is 13.0 Å². The van der Waals surface area contributed by atoms with Crippen molar-refractivity contribution in [2.45, 2.75) is 63.8 Å². The summed E-state index contributed by atoms with van der Waals surface area (Å²) in [6.07, 6.45) is 0.758. The highest BCUT2D eigenvalue weighted by molar-refractivity contribution is 6.21. The van der Waals surface area contributed by atoms with Crippen molar-refractivity contribution in [3.05, 3.63) is 74.8 Å². The standard InChI is InChI=1S/C35H32N4O8/c1-15-9-18-10-22-24(12-36)39-23(28(37-22)26(18)29(41)30(15)44-4)11-21-27(33-32(45-14-46-33)16(2)31(21)47-17(3)40)25(39)13-38-34(42)19-7-5-6-8-20(19)35(38)43/h5-9,22-25,28,37,41H,10-11,13-14H2,1-4H3/t22-,23+,24+,25+,28+/m1/s1. The molecule has 0 aliphatic carbocycles. The van der Waals surface area contributed by atoms with Crippen LogP contribution >= 0.6 is 0 Å². The van der Waals surface area contributed by atoms with E-state index in [9.17, 15) is 24.8 Å². The average Bonchev–Trinajstić information content (AvgIpc) is 3.63. The number of methoxy groups -OCH3 is 1. The van der Waals surface area contributed by atoms with E-state index in [4.69, 9.17) is 18.9 Å². The molecule has 0 unspecified atom stereocenters. The van der Waals surface area contributed by atoms with E-state index in [0.29, 0.717) is 69.2 Å². The van der Waals surface area contributed by atoms with E-state index in [-0.39, 0.29) is 25.1 Å². The number of esters is 1. The summed E-state index contributed by atoms with van der Waals surface area (Å²) in [6.45, 7) is 4.83. The van der Waals surface area contributed by atoms with Crippen molar-refractivity contribution < 1.29 is 38.4 Å². The molecular formula is C35H32N4O8. The number of aryl methyl sites for hydroxylation is 1. The Kier molecular flexibility index (Phi) is 6.51. The summed E-state index contributed by atoms with van der Waals surface area (Å²) in [4.78, 5) is 43.3. The number of fused-ring (bicyclic) bond motifs is 10. The van der Waals surface area contributed by atoms with Gasteiger partial charge in [0.2, 0.25) is 6.79 Å². The van der Waals surface area contributed by atoms with Gasteiger partial charge in [0.05, 0.1) is 36.4 Å². The smallest absolute Gasteiger partial charge is 0.308 e. The van der Waals surface area contributed by atoms with Gasteiger partial charge in [-0.15, -0.1) is 0 Å². The summed E-state index contributed by atoms with van der Waals surface area (Å²) in [5, 5.41) is 26.0. The fraction of sp³-hybridized carbons (Fsp3) is 0.371. The quantitative estimate of drug-likeness (QED) is 0.246. The third-order valence-corrected chi connectivity index (χ3v) is 10.2. The molecule has 1 saturated heterocycles. The number of ether oxygens (including phenoxy) is 4. The van der Waals surface area contributed by atoms with Gasteiger partial charge in [0.25, 0.3) is 11.8 Å². The van der Waals surface area contributed by atoms with Crippen molar-refractivity contribution in [3.8, 4) is 34.8 Å². The maximum absolute atomic E-state index is 13.7. The molecule has 8 rings (SSSR count).